The molecule has 1 heterocycles. The van der Waals surface area contributed by atoms with Gasteiger partial charge in [-0.1, -0.05) is 27.2 Å². The molecule has 106 valence electrons. The number of likely N-dealkylation sites (tertiary alicyclic amines) is 1. The van der Waals surface area contributed by atoms with Gasteiger partial charge in [-0.15, -0.1) is 0 Å². The van der Waals surface area contributed by atoms with Crippen LogP contribution in [0.1, 0.15) is 52.9 Å². The van der Waals surface area contributed by atoms with Gasteiger partial charge in [0, 0.05) is 6.54 Å². The fourth-order valence-electron chi connectivity index (χ4n) is 3.80. The maximum Gasteiger partial charge on any atom is 0.0571 e. The first-order chi connectivity index (χ1) is 8.58. The molecule has 1 N–H and O–H groups in total. The highest BCUT2D eigenvalue weighted by molar-refractivity contribution is 4.87. The molecule has 0 aromatic rings. The van der Waals surface area contributed by atoms with Crippen LogP contribution >= 0.6 is 0 Å². The lowest BCUT2D eigenvalue weighted by atomic mass is 9.69. The molecule has 0 radical (unpaired) electrons. The van der Waals surface area contributed by atoms with Gasteiger partial charge >= 0.3 is 0 Å². The molecule has 2 heteroatoms. The topological polar surface area (TPSA) is 23.5 Å². The second-order valence-corrected chi connectivity index (χ2v) is 7.02. The van der Waals surface area contributed by atoms with Crippen LogP contribution in [0.4, 0.5) is 0 Å². The van der Waals surface area contributed by atoms with E-state index in [-0.39, 0.29) is 6.10 Å². The molecule has 0 aromatic carbocycles. The summed E-state index contributed by atoms with van der Waals surface area (Å²) in [6.45, 7) is 10.7. The highest BCUT2D eigenvalue weighted by Gasteiger charge is 2.36. The number of rotatable bonds is 3. The molecule has 2 fully saturated rings. The van der Waals surface area contributed by atoms with Crippen LogP contribution in [0.15, 0.2) is 0 Å². The third-order valence-electron chi connectivity index (χ3n) is 5.38. The van der Waals surface area contributed by atoms with E-state index in [0.717, 1.165) is 18.3 Å². The van der Waals surface area contributed by atoms with Crippen molar-refractivity contribution < 1.29 is 5.11 Å². The fraction of sp³-hybridized carbons (Fsp3) is 1.00. The average Bonchev–Trinajstić information content (AvgIpc) is 2.35. The first kappa shape index (κ1) is 14.3. The van der Waals surface area contributed by atoms with Gasteiger partial charge in [0.05, 0.1) is 6.10 Å². The summed E-state index contributed by atoms with van der Waals surface area (Å²) in [5.74, 6) is 2.64. The third kappa shape index (κ3) is 3.48. The molecule has 0 amide bonds. The number of hydrogen-bond acceptors (Lipinski definition) is 2. The molecule has 4 atom stereocenters. The zero-order valence-electron chi connectivity index (χ0n) is 12.4. The summed E-state index contributed by atoms with van der Waals surface area (Å²) < 4.78 is 0. The molecule has 0 bridgehead atoms. The Morgan fingerprint density at radius 2 is 1.78 bits per heavy atom. The van der Waals surface area contributed by atoms with Crippen molar-refractivity contribution in [1.29, 1.82) is 0 Å². The predicted molar refractivity (Wildman–Crippen MR) is 76.5 cm³/mol. The second kappa shape index (κ2) is 6.38. The van der Waals surface area contributed by atoms with E-state index in [9.17, 15) is 5.11 Å². The average molecular weight is 253 g/mol. The van der Waals surface area contributed by atoms with Crippen LogP contribution in [0.5, 0.6) is 0 Å². The maximum absolute atomic E-state index is 10.3. The Labute approximate surface area is 113 Å². The molecule has 2 rings (SSSR count). The first-order valence-electron chi connectivity index (χ1n) is 7.98. The number of aliphatic hydroxyl groups excluding tert-OH is 1. The van der Waals surface area contributed by atoms with Crippen molar-refractivity contribution >= 4 is 0 Å². The van der Waals surface area contributed by atoms with Crippen LogP contribution in [0, 0.1) is 23.7 Å². The van der Waals surface area contributed by atoms with E-state index in [4.69, 9.17) is 0 Å². The van der Waals surface area contributed by atoms with Crippen molar-refractivity contribution in [1.82, 2.24) is 4.90 Å². The van der Waals surface area contributed by atoms with Gasteiger partial charge in [0.25, 0.3) is 0 Å². The lowest BCUT2D eigenvalue weighted by Gasteiger charge is -2.42. The van der Waals surface area contributed by atoms with Crippen LogP contribution in [0.3, 0.4) is 0 Å². The van der Waals surface area contributed by atoms with Crippen molar-refractivity contribution in [2.24, 2.45) is 23.7 Å². The van der Waals surface area contributed by atoms with Gasteiger partial charge in [0.2, 0.25) is 0 Å². The normalized spacial score (nSPS) is 39.2. The van der Waals surface area contributed by atoms with Crippen molar-refractivity contribution in [2.75, 3.05) is 19.6 Å². The van der Waals surface area contributed by atoms with Gasteiger partial charge < -0.3 is 10.0 Å². The molecule has 0 unspecified atom stereocenters. The highest BCUT2D eigenvalue weighted by Crippen LogP contribution is 2.38. The molecule has 2 aliphatic rings. The second-order valence-electron chi connectivity index (χ2n) is 7.02. The van der Waals surface area contributed by atoms with Gasteiger partial charge in [-0.25, -0.2) is 0 Å². The fourth-order valence-corrected chi connectivity index (χ4v) is 3.80. The molecular formula is C16H31NO. The molecule has 2 nitrogen and oxygen atoms in total. The Kier molecular flexibility index (Phi) is 5.08. The van der Waals surface area contributed by atoms with Crippen LogP contribution in [-0.4, -0.2) is 35.7 Å². The Hall–Kier alpha value is -0.0800. The molecule has 0 spiro atoms. The Balaban J connectivity index is 1.91. The van der Waals surface area contributed by atoms with Gasteiger partial charge in [-0.05, 0) is 62.4 Å². The minimum absolute atomic E-state index is 0.0686. The summed E-state index contributed by atoms with van der Waals surface area (Å²) in [5, 5.41) is 10.3. The zero-order valence-corrected chi connectivity index (χ0v) is 12.4. The van der Waals surface area contributed by atoms with Gasteiger partial charge in [0.1, 0.15) is 0 Å². The molecule has 1 aliphatic heterocycles. The third-order valence-corrected chi connectivity index (χ3v) is 5.38. The van der Waals surface area contributed by atoms with E-state index in [1.165, 1.54) is 45.3 Å². The summed E-state index contributed by atoms with van der Waals surface area (Å²) in [6.07, 6.45) is 6.44. The molecule has 18 heavy (non-hydrogen) atoms. The number of nitrogens with zero attached hydrogens (tertiary/aromatic N) is 1. The van der Waals surface area contributed by atoms with E-state index in [2.05, 4.69) is 25.7 Å². The van der Waals surface area contributed by atoms with Crippen molar-refractivity contribution in [3.63, 3.8) is 0 Å². The minimum Gasteiger partial charge on any atom is -0.393 e. The summed E-state index contributed by atoms with van der Waals surface area (Å²) >= 11 is 0. The van der Waals surface area contributed by atoms with Crippen molar-refractivity contribution in [3.05, 3.63) is 0 Å². The van der Waals surface area contributed by atoms with E-state index in [1.807, 2.05) is 0 Å². The van der Waals surface area contributed by atoms with Gasteiger partial charge in [0.15, 0.2) is 0 Å². The Morgan fingerprint density at radius 1 is 1.11 bits per heavy atom. The summed E-state index contributed by atoms with van der Waals surface area (Å²) in [7, 11) is 0. The summed E-state index contributed by atoms with van der Waals surface area (Å²) in [6, 6.07) is 0. The van der Waals surface area contributed by atoms with E-state index in [1.54, 1.807) is 0 Å². The van der Waals surface area contributed by atoms with Crippen LogP contribution in [0.25, 0.3) is 0 Å². The quantitative estimate of drug-likeness (QED) is 0.835. The predicted octanol–water partition coefficient (Wildman–Crippen LogP) is 3.15. The molecule has 1 saturated heterocycles. The standard InChI is InChI=1S/C16H31NO/c1-12(2)14-9-15(13(3)16(18)10-14)11-17-7-5-4-6-8-17/h12-16,18H,4-11H2,1-3H3/t13-,14-,15-,16-/m0/s1. The zero-order chi connectivity index (χ0) is 13.1. The van der Waals surface area contributed by atoms with Crippen LogP contribution in [0.2, 0.25) is 0 Å². The first-order valence-corrected chi connectivity index (χ1v) is 7.98. The SMILES string of the molecule is CC(C)[C@H]1C[C@@H](CN2CCCCC2)[C@H](C)[C@@H](O)C1. The smallest absolute Gasteiger partial charge is 0.0571 e. The lowest BCUT2D eigenvalue weighted by Crippen LogP contribution is -2.43. The van der Waals surface area contributed by atoms with Crippen LogP contribution < -0.4 is 0 Å². The van der Waals surface area contributed by atoms with Gasteiger partial charge in [-0.3, -0.25) is 0 Å². The molecule has 1 saturated carbocycles. The summed E-state index contributed by atoms with van der Waals surface area (Å²) in [4.78, 5) is 2.64. The van der Waals surface area contributed by atoms with E-state index >= 15 is 0 Å². The maximum atomic E-state index is 10.3. The molecule has 0 aromatic heterocycles. The molecule has 1 aliphatic carbocycles. The number of aliphatic hydroxyl groups is 1. The summed E-state index contributed by atoms with van der Waals surface area (Å²) in [5.41, 5.74) is 0. The highest BCUT2D eigenvalue weighted by atomic mass is 16.3. The van der Waals surface area contributed by atoms with Crippen molar-refractivity contribution in [3.8, 4) is 0 Å². The Morgan fingerprint density at radius 3 is 2.39 bits per heavy atom. The monoisotopic (exact) mass is 253 g/mol. The Bertz CT molecular complexity index is 247. The minimum atomic E-state index is -0.0686. The van der Waals surface area contributed by atoms with E-state index in [0.29, 0.717) is 11.8 Å². The van der Waals surface area contributed by atoms with Gasteiger partial charge in [-0.2, -0.15) is 0 Å². The largest absolute Gasteiger partial charge is 0.393 e. The van der Waals surface area contributed by atoms with Crippen LogP contribution in [-0.2, 0) is 0 Å². The molecular weight excluding hydrogens is 222 g/mol. The number of piperidine rings is 1. The lowest BCUT2D eigenvalue weighted by molar-refractivity contribution is -0.00940. The van der Waals surface area contributed by atoms with Crippen molar-refractivity contribution in [2.45, 2.75) is 59.0 Å². The number of hydrogen-bond donors (Lipinski definition) is 1. The van der Waals surface area contributed by atoms with E-state index < -0.39 is 0 Å².